The number of amides is 1. The molecule has 1 atom stereocenters. The van der Waals surface area contributed by atoms with Gasteiger partial charge in [0, 0.05) is 26.2 Å². The molecule has 0 aromatic carbocycles. The first-order chi connectivity index (χ1) is 7.72. The average Bonchev–Trinajstić information content (AvgIpc) is 2.31. The van der Waals surface area contributed by atoms with Crippen molar-refractivity contribution >= 4 is 5.91 Å². The van der Waals surface area contributed by atoms with Crippen molar-refractivity contribution < 1.29 is 9.90 Å². The number of hydrogen-bond acceptors (Lipinski definition) is 3. The van der Waals surface area contributed by atoms with Crippen molar-refractivity contribution in [2.75, 3.05) is 39.3 Å². The fourth-order valence-electron chi connectivity index (χ4n) is 2.40. The molecule has 1 aliphatic heterocycles. The molecule has 0 radical (unpaired) electrons. The number of aliphatic hydroxyl groups is 1. The minimum absolute atomic E-state index is 0.139. The Hall–Kier alpha value is -0.610. The number of hydrogen-bond donors (Lipinski definition) is 1. The Kier molecular flexibility index (Phi) is 5.77. The summed E-state index contributed by atoms with van der Waals surface area (Å²) in [5, 5.41) is 8.91. The number of aliphatic hydroxyl groups excluding tert-OH is 1. The van der Waals surface area contributed by atoms with Crippen LogP contribution in [0.3, 0.4) is 0 Å². The van der Waals surface area contributed by atoms with Gasteiger partial charge in [-0.1, -0.05) is 0 Å². The van der Waals surface area contributed by atoms with Gasteiger partial charge in [-0.25, -0.2) is 0 Å². The van der Waals surface area contributed by atoms with Gasteiger partial charge in [-0.3, -0.25) is 4.79 Å². The Bertz CT molecular complexity index is 215. The molecule has 1 heterocycles. The predicted molar refractivity (Wildman–Crippen MR) is 64.2 cm³/mol. The molecule has 1 unspecified atom stereocenters. The maximum atomic E-state index is 12.1. The maximum Gasteiger partial charge on any atom is 0.226 e. The zero-order valence-electron chi connectivity index (χ0n) is 10.5. The minimum atomic E-state index is 0.139. The van der Waals surface area contributed by atoms with Crippen LogP contribution in [-0.2, 0) is 4.79 Å². The molecule has 1 N–H and O–H groups in total. The summed E-state index contributed by atoms with van der Waals surface area (Å²) in [5.41, 5.74) is 0. The zero-order chi connectivity index (χ0) is 12.0. The van der Waals surface area contributed by atoms with Gasteiger partial charge in [-0.2, -0.15) is 0 Å². The Balaban J connectivity index is 2.49. The van der Waals surface area contributed by atoms with Gasteiger partial charge < -0.3 is 14.9 Å². The van der Waals surface area contributed by atoms with Gasteiger partial charge in [-0.05, 0) is 33.2 Å². The fraction of sp³-hybridized carbons (Fsp3) is 0.917. The lowest BCUT2D eigenvalue weighted by atomic mass is 9.96. The molecule has 0 aromatic heterocycles. The Morgan fingerprint density at radius 3 is 2.69 bits per heavy atom. The van der Waals surface area contributed by atoms with E-state index in [1.165, 1.54) is 0 Å². The van der Waals surface area contributed by atoms with Gasteiger partial charge in [0.15, 0.2) is 0 Å². The van der Waals surface area contributed by atoms with Crippen molar-refractivity contribution in [2.24, 2.45) is 5.92 Å². The van der Waals surface area contributed by atoms with E-state index in [1.54, 1.807) is 0 Å². The second kappa shape index (κ2) is 6.86. The Morgan fingerprint density at radius 2 is 2.12 bits per heavy atom. The van der Waals surface area contributed by atoms with Crippen molar-refractivity contribution in [1.29, 1.82) is 0 Å². The average molecular weight is 228 g/mol. The number of nitrogens with zero attached hydrogens (tertiary/aromatic N) is 2. The second-order valence-electron chi connectivity index (χ2n) is 4.37. The molecular weight excluding hydrogens is 204 g/mol. The molecule has 1 aliphatic rings. The largest absolute Gasteiger partial charge is 0.395 e. The molecule has 0 aromatic rings. The molecular formula is C12H24N2O2. The molecule has 1 rings (SSSR count). The molecule has 0 bridgehead atoms. The number of carbonyl (C=O) groups is 1. The summed E-state index contributed by atoms with van der Waals surface area (Å²) in [5.74, 6) is 0.424. The van der Waals surface area contributed by atoms with Crippen LogP contribution in [0.4, 0.5) is 0 Å². The molecule has 1 fully saturated rings. The van der Waals surface area contributed by atoms with Gasteiger partial charge in [0.05, 0.1) is 12.5 Å². The molecule has 4 heteroatoms. The molecule has 1 amide bonds. The summed E-state index contributed by atoms with van der Waals surface area (Å²) in [6.45, 7) is 8.36. The van der Waals surface area contributed by atoms with Gasteiger partial charge in [-0.15, -0.1) is 0 Å². The molecule has 16 heavy (non-hydrogen) atoms. The Labute approximate surface area is 98.2 Å². The quantitative estimate of drug-likeness (QED) is 0.748. The van der Waals surface area contributed by atoms with Crippen LogP contribution in [0.25, 0.3) is 0 Å². The van der Waals surface area contributed by atoms with E-state index in [0.717, 1.165) is 39.0 Å². The third-order valence-electron chi connectivity index (χ3n) is 3.35. The summed E-state index contributed by atoms with van der Waals surface area (Å²) >= 11 is 0. The van der Waals surface area contributed by atoms with E-state index in [-0.39, 0.29) is 18.4 Å². The first kappa shape index (κ1) is 13.5. The first-order valence-electron chi connectivity index (χ1n) is 6.34. The van der Waals surface area contributed by atoms with Crippen LogP contribution < -0.4 is 0 Å². The minimum Gasteiger partial charge on any atom is -0.395 e. The van der Waals surface area contributed by atoms with Crippen molar-refractivity contribution in [3.63, 3.8) is 0 Å². The van der Waals surface area contributed by atoms with Gasteiger partial charge >= 0.3 is 0 Å². The normalized spacial score (nSPS) is 22.1. The summed E-state index contributed by atoms with van der Waals surface area (Å²) in [6.07, 6.45) is 2.06. The lowest BCUT2D eigenvalue weighted by Gasteiger charge is -2.34. The fourth-order valence-corrected chi connectivity index (χ4v) is 2.40. The molecule has 0 spiro atoms. The molecule has 0 saturated carbocycles. The van der Waals surface area contributed by atoms with E-state index in [2.05, 4.69) is 4.90 Å². The van der Waals surface area contributed by atoms with E-state index >= 15 is 0 Å². The topological polar surface area (TPSA) is 43.8 Å². The molecule has 1 saturated heterocycles. The number of β-amino-alcohol motifs (C(OH)–C–C–N with tert-alkyl or cyclic N) is 1. The maximum absolute atomic E-state index is 12.1. The SMILES string of the molecule is CCN(CC)C(=O)C1CCCN(CCO)C1. The molecule has 4 nitrogen and oxygen atoms in total. The van der Waals surface area contributed by atoms with E-state index in [1.807, 2.05) is 18.7 Å². The van der Waals surface area contributed by atoms with Gasteiger partial charge in [0.25, 0.3) is 0 Å². The highest BCUT2D eigenvalue weighted by Gasteiger charge is 2.27. The standard InChI is InChI=1S/C12H24N2O2/c1-3-14(4-2)12(16)11-6-5-7-13(10-11)8-9-15/h11,15H,3-10H2,1-2H3. The van der Waals surface area contributed by atoms with Crippen molar-refractivity contribution in [3.05, 3.63) is 0 Å². The second-order valence-corrected chi connectivity index (χ2v) is 4.37. The third-order valence-corrected chi connectivity index (χ3v) is 3.35. The summed E-state index contributed by atoms with van der Waals surface area (Å²) in [7, 11) is 0. The Morgan fingerprint density at radius 1 is 1.44 bits per heavy atom. The highest BCUT2D eigenvalue weighted by Crippen LogP contribution is 2.18. The van der Waals surface area contributed by atoms with Crippen LogP contribution >= 0.6 is 0 Å². The van der Waals surface area contributed by atoms with Crippen molar-refractivity contribution in [1.82, 2.24) is 9.80 Å². The predicted octanol–water partition coefficient (Wildman–Crippen LogP) is 0.559. The lowest BCUT2D eigenvalue weighted by molar-refractivity contribution is -0.137. The van der Waals surface area contributed by atoms with E-state index in [9.17, 15) is 4.79 Å². The van der Waals surface area contributed by atoms with E-state index in [0.29, 0.717) is 6.54 Å². The van der Waals surface area contributed by atoms with Crippen LogP contribution in [0.2, 0.25) is 0 Å². The number of carbonyl (C=O) groups excluding carboxylic acids is 1. The third kappa shape index (κ3) is 3.46. The monoisotopic (exact) mass is 228 g/mol. The van der Waals surface area contributed by atoms with Crippen LogP contribution in [-0.4, -0.2) is 60.1 Å². The van der Waals surface area contributed by atoms with Gasteiger partial charge in [0.2, 0.25) is 5.91 Å². The van der Waals surface area contributed by atoms with E-state index < -0.39 is 0 Å². The highest BCUT2D eigenvalue weighted by atomic mass is 16.3. The first-order valence-corrected chi connectivity index (χ1v) is 6.34. The van der Waals surface area contributed by atoms with E-state index in [4.69, 9.17) is 5.11 Å². The van der Waals surface area contributed by atoms with Crippen LogP contribution in [0.15, 0.2) is 0 Å². The number of piperidine rings is 1. The summed E-state index contributed by atoms with van der Waals surface area (Å²) in [6, 6.07) is 0. The molecule has 0 aliphatic carbocycles. The summed E-state index contributed by atoms with van der Waals surface area (Å²) < 4.78 is 0. The van der Waals surface area contributed by atoms with Gasteiger partial charge in [0.1, 0.15) is 0 Å². The number of likely N-dealkylation sites (tertiary alicyclic amines) is 1. The van der Waals surface area contributed by atoms with Crippen molar-refractivity contribution in [3.8, 4) is 0 Å². The van der Waals surface area contributed by atoms with Crippen LogP contribution in [0.1, 0.15) is 26.7 Å². The van der Waals surface area contributed by atoms with Crippen LogP contribution in [0, 0.1) is 5.92 Å². The summed E-state index contributed by atoms with van der Waals surface area (Å²) in [4.78, 5) is 16.2. The molecule has 94 valence electrons. The number of rotatable bonds is 5. The highest BCUT2D eigenvalue weighted by molar-refractivity contribution is 5.79. The smallest absolute Gasteiger partial charge is 0.226 e. The zero-order valence-corrected chi connectivity index (χ0v) is 10.5. The van der Waals surface area contributed by atoms with Crippen LogP contribution in [0.5, 0.6) is 0 Å². The van der Waals surface area contributed by atoms with Crippen molar-refractivity contribution in [2.45, 2.75) is 26.7 Å². The lowest BCUT2D eigenvalue weighted by Crippen LogP contribution is -2.45.